The summed E-state index contributed by atoms with van der Waals surface area (Å²) in [5.41, 5.74) is 2.44. The quantitative estimate of drug-likeness (QED) is 0.802. The first kappa shape index (κ1) is 18.4. The van der Waals surface area contributed by atoms with Crippen LogP contribution in [0.4, 0.5) is 11.4 Å². The summed E-state index contributed by atoms with van der Waals surface area (Å²) in [7, 11) is 1.78. The fourth-order valence-electron chi connectivity index (χ4n) is 3.26. The Kier molecular flexibility index (Phi) is 6.63. The molecule has 1 fully saturated rings. The second-order valence-electron chi connectivity index (χ2n) is 6.57. The van der Waals surface area contributed by atoms with Crippen molar-refractivity contribution in [2.24, 2.45) is 0 Å². The van der Waals surface area contributed by atoms with Crippen LogP contribution in [0.3, 0.4) is 0 Å². The van der Waals surface area contributed by atoms with E-state index < -0.39 is 0 Å². The Labute approximate surface area is 155 Å². The van der Waals surface area contributed by atoms with Crippen LogP contribution in [-0.4, -0.2) is 50.2 Å². The van der Waals surface area contributed by atoms with Crippen molar-refractivity contribution in [3.05, 3.63) is 60.2 Å². The van der Waals surface area contributed by atoms with Gasteiger partial charge in [0.2, 0.25) is 0 Å². The van der Waals surface area contributed by atoms with E-state index in [1.807, 2.05) is 54.6 Å². The van der Waals surface area contributed by atoms with Crippen LogP contribution in [0, 0.1) is 0 Å². The molecule has 0 saturated carbocycles. The van der Waals surface area contributed by atoms with Crippen LogP contribution in [0.15, 0.2) is 54.6 Å². The van der Waals surface area contributed by atoms with Crippen molar-refractivity contribution in [3.63, 3.8) is 0 Å². The molecule has 0 aromatic heterocycles. The van der Waals surface area contributed by atoms with Gasteiger partial charge in [-0.2, -0.15) is 0 Å². The minimum absolute atomic E-state index is 0.0455. The molecule has 1 heterocycles. The first-order chi connectivity index (χ1) is 12.8. The summed E-state index contributed by atoms with van der Waals surface area (Å²) >= 11 is 0. The number of rotatable bonds is 7. The smallest absolute Gasteiger partial charge is 0.253 e. The van der Waals surface area contributed by atoms with E-state index in [0.29, 0.717) is 18.2 Å². The number of carbonyl (C=O) groups is 1. The summed E-state index contributed by atoms with van der Waals surface area (Å²) in [6.45, 7) is 3.58. The Morgan fingerprint density at radius 3 is 2.50 bits per heavy atom. The first-order valence-electron chi connectivity index (χ1n) is 9.20. The number of para-hydroxylation sites is 2. The van der Waals surface area contributed by atoms with Crippen molar-refractivity contribution < 1.29 is 9.53 Å². The van der Waals surface area contributed by atoms with E-state index in [-0.39, 0.29) is 5.91 Å². The standard InChI is InChI=1S/C21H27N3O2/c1-26-18-11-14-24(15-12-18)16-13-22-21(25)19-9-5-6-10-20(19)23-17-7-3-2-4-8-17/h2-10,18,23H,11-16H2,1H3,(H,22,25). The van der Waals surface area contributed by atoms with Gasteiger partial charge in [0, 0.05) is 39.0 Å². The number of carbonyl (C=O) groups excluding carboxylic acids is 1. The molecule has 0 spiro atoms. The predicted octanol–water partition coefficient (Wildman–Crippen LogP) is 3.27. The van der Waals surface area contributed by atoms with Crippen molar-refractivity contribution in [1.82, 2.24) is 10.2 Å². The average molecular weight is 353 g/mol. The highest BCUT2D eigenvalue weighted by atomic mass is 16.5. The molecule has 1 amide bonds. The van der Waals surface area contributed by atoms with Gasteiger partial charge in [-0.15, -0.1) is 0 Å². The van der Waals surface area contributed by atoms with Crippen molar-refractivity contribution in [3.8, 4) is 0 Å². The minimum atomic E-state index is -0.0455. The Bertz CT molecular complexity index is 697. The summed E-state index contributed by atoms with van der Waals surface area (Å²) < 4.78 is 5.40. The lowest BCUT2D eigenvalue weighted by molar-refractivity contribution is 0.0413. The maximum atomic E-state index is 12.6. The molecule has 26 heavy (non-hydrogen) atoms. The van der Waals surface area contributed by atoms with E-state index in [0.717, 1.165) is 43.9 Å². The molecular formula is C21H27N3O2. The molecule has 5 nitrogen and oxygen atoms in total. The number of benzene rings is 2. The fourth-order valence-corrected chi connectivity index (χ4v) is 3.26. The number of nitrogens with zero attached hydrogens (tertiary/aromatic N) is 1. The topological polar surface area (TPSA) is 53.6 Å². The minimum Gasteiger partial charge on any atom is -0.381 e. The van der Waals surface area contributed by atoms with Gasteiger partial charge in [0.05, 0.1) is 17.4 Å². The molecule has 0 aliphatic carbocycles. The third kappa shape index (κ3) is 5.07. The number of hydrogen-bond donors (Lipinski definition) is 2. The average Bonchev–Trinajstić information content (AvgIpc) is 2.69. The summed E-state index contributed by atoms with van der Waals surface area (Å²) in [5, 5.41) is 6.37. The van der Waals surface area contributed by atoms with E-state index in [9.17, 15) is 4.79 Å². The zero-order valence-electron chi connectivity index (χ0n) is 15.3. The lowest BCUT2D eigenvalue weighted by Gasteiger charge is -2.31. The molecule has 2 aromatic rings. The largest absolute Gasteiger partial charge is 0.381 e. The van der Waals surface area contributed by atoms with Gasteiger partial charge >= 0.3 is 0 Å². The van der Waals surface area contributed by atoms with Gasteiger partial charge in [-0.1, -0.05) is 30.3 Å². The van der Waals surface area contributed by atoms with Crippen LogP contribution < -0.4 is 10.6 Å². The summed E-state index contributed by atoms with van der Waals surface area (Å²) in [6, 6.07) is 17.5. The van der Waals surface area contributed by atoms with Crippen LogP contribution in [0.1, 0.15) is 23.2 Å². The van der Waals surface area contributed by atoms with Crippen molar-refractivity contribution >= 4 is 17.3 Å². The normalized spacial score (nSPS) is 15.6. The summed E-state index contributed by atoms with van der Waals surface area (Å²) in [5.74, 6) is -0.0455. The van der Waals surface area contributed by atoms with Gasteiger partial charge < -0.3 is 20.3 Å². The molecule has 3 rings (SSSR count). The van der Waals surface area contributed by atoms with Crippen LogP contribution in [0.5, 0.6) is 0 Å². The number of nitrogens with one attached hydrogen (secondary N) is 2. The predicted molar refractivity (Wildman–Crippen MR) is 105 cm³/mol. The van der Waals surface area contributed by atoms with E-state index in [1.165, 1.54) is 0 Å². The summed E-state index contributed by atoms with van der Waals surface area (Å²) in [4.78, 5) is 15.0. The van der Waals surface area contributed by atoms with Gasteiger partial charge in [0.25, 0.3) is 5.91 Å². The van der Waals surface area contributed by atoms with Crippen LogP contribution in [0.25, 0.3) is 0 Å². The Morgan fingerprint density at radius 2 is 1.77 bits per heavy atom. The molecule has 1 aliphatic rings. The number of methoxy groups -OCH3 is 1. The second-order valence-corrected chi connectivity index (χ2v) is 6.57. The van der Waals surface area contributed by atoms with E-state index in [4.69, 9.17) is 4.74 Å². The molecule has 0 atom stereocenters. The van der Waals surface area contributed by atoms with E-state index >= 15 is 0 Å². The molecule has 0 bridgehead atoms. The van der Waals surface area contributed by atoms with Gasteiger partial charge in [-0.05, 0) is 37.1 Å². The van der Waals surface area contributed by atoms with Crippen molar-refractivity contribution in [1.29, 1.82) is 0 Å². The van der Waals surface area contributed by atoms with Crippen LogP contribution >= 0.6 is 0 Å². The molecule has 0 radical (unpaired) electrons. The zero-order valence-corrected chi connectivity index (χ0v) is 15.3. The Balaban J connectivity index is 1.52. The van der Waals surface area contributed by atoms with Gasteiger partial charge in [-0.25, -0.2) is 0 Å². The van der Waals surface area contributed by atoms with Crippen LogP contribution in [0.2, 0.25) is 0 Å². The van der Waals surface area contributed by atoms with Crippen LogP contribution in [-0.2, 0) is 4.74 Å². The number of ether oxygens (including phenoxy) is 1. The number of anilines is 2. The number of piperidine rings is 1. The second kappa shape index (κ2) is 9.36. The molecule has 1 aliphatic heterocycles. The van der Waals surface area contributed by atoms with E-state index in [1.54, 1.807) is 7.11 Å². The van der Waals surface area contributed by atoms with E-state index in [2.05, 4.69) is 15.5 Å². The lowest BCUT2D eigenvalue weighted by atomic mass is 10.1. The molecule has 2 aromatic carbocycles. The number of likely N-dealkylation sites (tertiary alicyclic amines) is 1. The lowest BCUT2D eigenvalue weighted by Crippen LogP contribution is -2.41. The Hall–Kier alpha value is -2.37. The van der Waals surface area contributed by atoms with Gasteiger partial charge in [0.1, 0.15) is 0 Å². The number of hydrogen-bond acceptors (Lipinski definition) is 4. The van der Waals surface area contributed by atoms with Gasteiger partial charge in [-0.3, -0.25) is 4.79 Å². The zero-order chi connectivity index (χ0) is 18.2. The van der Waals surface area contributed by atoms with Crippen molar-refractivity contribution in [2.75, 3.05) is 38.6 Å². The molecular weight excluding hydrogens is 326 g/mol. The molecule has 2 N–H and O–H groups in total. The van der Waals surface area contributed by atoms with Crippen molar-refractivity contribution in [2.45, 2.75) is 18.9 Å². The molecule has 1 saturated heterocycles. The highest BCUT2D eigenvalue weighted by Gasteiger charge is 2.18. The summed E-state index contributed by atoms with van der Waals surface area (Å²) in [6.07, 6.45) is 2.51. The first-order valence-corrected chi connectivity index (χ1v) is 9.20. The highest BCUT2D eigenvalue weighted by molar-refractivity contribution is 6.00. The number of amides is 1. The maximum Gasteiger partial charge on any atom is 0.253 e. The fraction of sp³-hybridized carbons (Fsp3) is 0.381. The highest BCUT2D eigenvalue weighted by Crippen LogP contribution is 2.20. The SMILES string of the molecule is COC1CCN(CCNC(=O)c2ccccc2Nc2ccccc2)CC1. The third-order valence-electron chi connectivity index (χ3n) is 4.81. The maximum absolute atomic E-state index is 12.6. The van der Waals surface area contributed by atoms with Gasteiger partial charge in [0.15, 0.2) is 0 Å². The monoisotopic (exact) mass is 353 g/mol. The molecule has 0 unspecified atom stereocenters. The molecule has 5 heteroatoms. The molecule has 138 valence electrons. The third-order valence-corrected chi connectivity index (χ3v) is 4.81. The Morgan fingerprint density at radius 1 is 1.08 bits per heavy atom.